The summed E-state index contributed by atoms with van der Waals surface area (Å²) in [6.45, 7) is 1.10. The standard InChI is InChI=1S/C14H20N2O5/c1-16(11-8-21-7-9(11)14(17)18)6-10-13(20-3)12(19-2)4-5-15-10/h4-5,9,11H,6-8H2,1-3H3,(H,17,18). The van der Waals surface area contributed by atoms with Gasteiger partial charge in [-0.3, -0.25) is 14.7 Å². The number of carboxylic acids is 1. The van der Waals surface area contributed by atoms with Crippen LogP contribution in [0.15, 0.2) is 12.3 Å². The number of likely N-dealkylation sites (N-methyl/N-ethyl adjacent to an activating group) is 1. The fourth-order valence-corrected chi connectivity index (χ4v) is 2.53. The van der Waals surface area contributed by atoms with Crippen molar-refractivity contribution in [2.75, 3.05) is 34.5 Å². The predicted octanol–water partition coefficient (Wildman–Crippen LogP) is 0.630. The van der Waals surface area contributed by atoms with Crippen LogP contribution in [0.25, 0.3) is 0 Å². The average Bonchev–Trinajstić information content (AvgIpc) is 2.96. The number of aromatic nitrogens is 1. The summed E-state index contributed by atoms with van der Waals surface area (Å²) in [4.78, 5) is 17.5. The third-order valence-electron chi connectivity index (χ3n) is 3.70. The molecule has 2 atom stereocenters. The second-order valence-corrected chi connectivity index (χ2v) is 4.96. The van der Waals surface area contributed by atoms with Gasteiger partial charge in [0.15, 0.2) is 11.5 Å². The van der Waals surface area contributed by atoms with Crippen LogP contribution < -0.4 is 9.47 Å². The van der Waals surface area contributed by atoms with Crippen LogP contribution in [0.1, 0.15) is 5.69 Å². The molecule has 21 heavy (non-hydrogen) atoms. The molecular formula is C14H20N2O5. The first-order valence-electron chi connectivity index (χ1n) is 6.65. The zero-order valence-corrected chi connectivity index (χ0v) is 12.4. The van der Waals surface area contributed by atoms with Crippen LogP contribution in [-0.2, 0) is 16.1 Å². The van der Waals surface area contributed by atoms with Crippen LogP contribution in [0.2, 0.25) is 0 Å². The Labute approximate surface area is 123 Å². The van der Waals surface area contributed by atoms with Crippen molar-refractivity contribution in [1.82, 2.24) is 9.88 Å². The van der Waals surface area contributed by atoms with Gasteiger partial charge in [-0.25, -0.2) is 0 Å². The minimum absolute atomic E-state index is 0.180. The summed E-state index contributed by atoms with van der Waals surface area (Å²) < 4.78 is 15.9. The van der Waals surface area contributed by atoms with Crippen LogP contribution in [0, 0.1) is 5.92 Å². The Kier molecular flexibility index (Phi) is 4.98. The van der Waals surface area contributed by atoms with Gasteiger partial charge in [0.1, 0.15) is 5.69 Å². The molecule has 0 saturated carbocycles. The summed E-state index contributed by atoms with van der Waals surface area (Å²) in [5.41, 5.74) is 0.704. The van der Waals surface area contributed by atoms with Gasteiger partial charge >= 0.3 is 5.97 Å². The third-order valence-corrected chi connectivity index (χ3v) is 3.70. The number of aliphatic carboxylic acids is 1. The number of methoxy groups -OCH3 is 2. The molecule has 0 radical (unpaired) electrons. The zero-order chi connectivity index (χ0) is 15.4. The normalized spacial score (nSPS) is 21.5. The van der Waals surface area contributed by atoms with E-state index in [2.05, 4.69) is 4.98 Å². The van der Waals surface area contributed by atoms with E-state index in [-0.39, 0.29) is 12.6 Å². The average molecular weight is 296 g/mol. The van der Waals surface area contributed by atoms with E-state index in [1.165, 1.54) is 0 Å². The van der Waals surface area contributed by atoms with Crippen molar-refractivity contribution in [3.05, 3.63) is 18.0 Å². The third kappa shape index (κ3) is 3.25. The summed E-state index contributed by atoms with van der Waals surface area (Å²) in [6, 6.07) is 1.54. The molecule has 0 spiro atoms. The minimum atomic E-state index is -0.838. The quantitative estimate of drug-likeness (QED) is 0.824. The van der Waals surface area contributed by atoms with E-state index in [4.69, 9.17) is 14.2 Å². The maximum Gasteiger partial charge on any atom is 0.310 e. The fraction of sp³-hybridized carbons (Fsp3) is 0.571. The van der Waals surface area contributed by atoms with Crippen molar-refractivity contribution >= 4 is 5.97 Å². The smallest absolute Gasteiger partial charge is 0.310 e. The Bertz CT molecular complexity index is 508. The largest absolute Gasteiger partial charge is 0.493 e. The van der Waals surface area contributed by atoms with Crippen molar-refractivity contribution in [1.29, 1.82) is 0 Å². The van der Waals surface area contributed by atoms with Crippen molar-refractivity contribution in [2.24, 2.45) is 5.92 Å². The summed E-state index contributed by atoms with van der Waals surface area (Å²) in [7, 11) is 4.98. The van der Waals surface area contributed by atoms with Crippen LogP contribution in [0.5, 0.6) is 11.5 Å². The molecule has 1 aliphatic rings. The highest BCUT2D eigenvalue weighted by molar-refractivity contribution is 5.71. The summed E-state index contributed by atoms with van der Waals surface area (Å²) in [5.74, 6) is -0.187. The van der Waals surface area contributed by atoms with Gasteiger partial charge in [0.05, 0.1) is 33.4 Å². The lowest BCUT2D eigenvalue weighted by Gasteiger charge is -2.26. The highest BCUT2D eigenvalue weighted by Crippen LogP contribution is 2.30. The molecule has 1 fully saturated rings. The lowest BCUT2D eigenvalue weighted by molar-refractivity contribution is -0.143. The van der Waals surface area contributed by atoms with Crippen LogP contribution in [0.3, 0.4) is 0 Å². The molecule has 1 aromatic rings. The van der Waals surface area contributed by atoms with Gasteiger partial charge < -0.3 is 19.3 Å². The zero-order valence-electron chi connectivity index (χ0n) is 12.4. The molecule has 116 valence electrons. The lowest BCUT2D eigenvalue weighted by atomic mass is 10.0. The number of hydrogen-bond donors (Lipinski definition) is 1. The molecule has 0 aliphatic carbocycles. The van der Waals surface area contributed by atoms with Crippen molar-refractivity contribution < 1.29 is 24.1 Å². The highest BCUT2D eigenvalue weighted by atomic mass is 16.5. The number of hydrogen-bond acceptors (Lipinski definition) is 6. The lowest BCUT2D eigenvalue weighted by Crippen LogP contribution is -2.40. The SMILES string of the molecule is COc1ccnc(CN(C)C2COCC2C(=O)O)c1OC. The Balaban J connectivity index is 2.16. The predicted molar refractivity (Wildman–Crippen MR) is 74.5 cm³/mol. The Morgan fingerprint density at radius 1 is 1.48 bits per heavy atom. The molecular weight excluding hydrogens is 276 g/mol. The second kappa shape index (κ2) is 6.73. The second-order valence-electron chi connectivity index (χ2n) is 4.96. The van der Waals surface area contributed by atoms with Gasteiger partial charge in [-0.15, -0.1) is 0 Å². The van der Waals surface area contributed by atoms with Gasteiger partial charge in [0, 0.05) is 24.8 Å². The van der Waals surface area contributed by atoms with E-state index >= 15 is 0 Å². The molecule has 7 heteroatoms. The first-order chi connectivity index (χ1) is 10.1. The monoisotopic (exact) mass is 296 g/mol. The molecule has 2 heterocycles. The van der Waals surface area contributed by atoms with Crippen molar-refractivity contribution in [3.8, 4) is 11.5 Å². The van der Waals surface area contributed by atoms with Gasteiger partial charge in [-0.1, -0.05) is 0 Å². The number of nitrogens with zero attached hydrogens (tertiary/aromatic N) is 2. The Hall–Kier alpha value is -1.86. The van der Waals surface area contributed by atoms with E-state index in [0.717, 1.165) is 0 Å². The summed E-state index contributed by atoms with van der Waals surface area (Å²) >= 11 is 0. The van der Waals surface area contributed by atoms with Crippen LogP contribution in [0.4, 0.5) is 0 Å². The summed E-state index contributed by atoms with van der Waals surface area (Å²) in [6.07, 6.45) is 1.64. The maximum absolute atomic E-state index is 11.2. The molecule has 1 saturated heterocycles. The van der Waals surface area contributed by atoms with Gasteiger partial charge in [-0.05, 0) is 7.05 Å². The number of carbonyl (C=O) groups is 1. The number of ether oxygens (including phenoxy) is 3. The molecule has 2 unspecified atom stereocenters. The van der Waals surface area contributed by atoms with E-state index in [1.807, 2.05) is 11.9 Å². The van der Waals surface area contributed by atoms with Gasteiger partial charge in [0.2, 0.25) is 0 Å². The van der Waals surface area contributed by atoms with Crippen molar-refractivity contribution in [2.45, 2.75) is 12.6 Å². The van der Waals surface area contributed by atoms with Gasteiger partial charge in [0.25, 0.3) is 0 Å². The van der Waals surface area contributed by atoms with Crippen LogP contribution in [-0.4, -0.2) is 61.5 Å². The fourth-order valence-electron chi connectivity index (χ4n) is 2.53. The number of rotatable bonds is 6. The topological polar surface area (TPSA) is 81.1 Å². The molecule has 0 bridgehead atoms. The Morgan fingerprint density at radius 2 is 2.24 bits per heavy atom. The van der Waals surface area contributed by atoms with Gasteiger partial charge in [-0.2, -0.15) is 0 Å². The van der Waals surface area contributed by atoms with E-state index in [0.29, 0.717) is 30.3 Å². The molecule has 2 rings (SSSR count). The first kappa shape index (κ1) is 15.5. The number of pyridine rings is 1. The van der Waals surface area contributed by atoms with E-state index in [9.17, 15) is 9.90 Å². The summed E-state index contributed by atoms with van der Waals surface area (Å²) in [5, 5.41) is 9.21. The van der Waals surface area contributed by atoms with Crippen LogP contribution >= 0.6 is 0 Å². The van der Waals surface area contributed by atoms with E-state index in [1.54, 1.807) is 26.5 Å². The molecule has 1 N–H and O–H groups in total. The number of carboxylic acid groups (broad SMARTS) is 1. The Morgan fingerprint density at radius 3 is 2.86 bits per heavy atom. The molecule has 1 aromatic heterocycles. The van der Waals surface area contributed by atoms with E-state index < -0.39 is 11.9 Å². The molecule has 7 nitrogen and oxygen atoms in total. The maximum atomic E-state index is 11.2. The molecule has 1 aliphatic heterocycles. The molecule has 0 aromatic carbocycles. The molecule has 0 amide bonds. The first-order valence-corrected chi connectivity index (χ1v) is 6.65. The van der Waals surface area contributed by atoms with Crippen molar-refractivity contribution in [3.63, 3.8) is 0 Å². The minimum Gasteiger partial charge on any atom is -0.493 e. The highest BCUT2D eigenvalue weighted by Gasteiger charge is 2.37.